The normalized spacial score (nSPS) is 11.2. The quantitative estimate of drug-likeness (QED) is 0.603. The van der Waals surface area contributed by atoms with Crippen molar-refractivity contribution in [3.05, 3.63) is 59.9 Å². The van der Waals surface area contributed by atoms with Gasteiger partial charge in [0.1, 0.15) is 5.75 Å². The maximum atomic E-state index is 10.3. The molecule has 0 fully saturated rings. The van der Waals surface area contributed by atoms with E-state index in [9.17, 15) is 5.11 Å². The Morgan fingerprint density at radius 1 is 0.960 bits per heavy atom. The van der Waals surface area contributed by atoms with E-state index in [1.54, 1.807) is 12.3 Å². The smallest absolute Gasteiger partial charge is 0.182 e. The fourth-order valence-corrected chi connectivity index (χ4v) is 3.06. The number of benzene rings is 1. The first-order valence-corrected chi connectivity index (χ1v) is 8.10. The van der Waals surface area contributed by atoms with Crippen LogP contribution in [0.5, 0.6) is 5.75 Å². The Morgan fingerprint density at radius 2 is 1.80 bits per heavy atom. The fraction of sp³-hybridized carbons (Fsp3) is 0.150. The Bertz CT molecular complexity index is 1080. The van der Waals surface area contributed by atoms with Crippen LogP contribution >= 0.6 is 0 Å². The van der Waals surface area contributed by atoms with Crippen molar-refractivity contribution < 1.29 is 5.11 Å². The summed E-state index contributed by atoms with van der Waals surface area (Å²) >= 11 is 0. The van der Waals surface area contributed by atoms with Crippen LogP contribution in [-0.4, -0.2) is 24.9 Å². The van der Waals surface area contributed by atoms with Crippen LogP contribution < -0.4 is 0 Å². The summed E-state index contributed by atoms with van der Waals surface area (Å²) in [6, 6.07) is 13.3. The summed E-state index contributed by atoms with van der Waals surface area (Å²) in [4.78, 5) is 9.19. The number of aromatic nitrogens is 4. The van der Waals surface area contributed by atoms with E-state index in [0.717, 1.165) is 27.9 Å². The number of rotatable bonds is 2. The third-order valence-corrected chi connectivity index (χ3v) is 4.46. The predicted molar refractivity (Wildman–Crippen MR) is 98.3 cm³/mol. The second kappa shape index (κ2) is 5.70. The lowest BCUT2D eigenvalue weighted by molar-refractivity contribution is 0.477. The van der Waals surface area contributed by atoms with Gasteiger partial charge >= 0.3 is 0 Å². The van der Waals surface area contributed by atoms with Crippen LogP contribution in [0.15, 0.2) is 48.7 Å². The lowest BCUT2D eigenvalue weighted by atomic mass is 10.0. The maximum Gasteiger partial charge on any atom is 0.182 e. The monoisotopic (exact) mass is 330 g/mol. The molecule has 0 saturated heterocycles. The molecule has 1 N–H and O–H groups in total. The minimum atomic E-state index is 0.206. The van der Waals surface area contributed by atoms with E-state index in [0.29, 0.717) is 16.9 Å². The van der Waals surface area contributed by atoms with Crippen molar-refractivity contribution in [1.29, 1.82) is 0 Å². The van der Waals surface area contributed by atoms with Crippen LogP contribution in [-0.2, 0) is 7.05 Å². The molecule has 3 heterocycles. The van der Waals surface area contributed by atoms with Crippen molar-refractivity contribution in [1.82, 2.24) is 19.7 Å². The lowest BCUT2D eigenvalue weighted by Gasteiger charge is -2.09. The first-order valence-electron chi connectivity index (χ1n) is 8.10. The van der Waals surface area contributed by atoms with Crippen molar-refractivity contribution >= 4 is 11.0 Å². The minimum Gasteiger partial charge on any atom is -0.507 e. The summed E-state index contributed by atoms with van der Waals surface area (Å²) in [6.45, 7) is 4.01. The Kier molecular flexibility index (Phi) is 3.50. The molecule has 0 radical (unpaired) electrons. The highest BCUT2D eigenvalue weighted by atomic mass is 16.3. The fourth-order valence-electron chi connectivity index (χ4n) is 3.06. The lowest BCUT2D eigenvalue weighted by Crippen LogP contribution is -1.92. The van der Waals surface area contributed by atoms with Gasteiger partial charge in [0.15, 0.2) is 5.65 Å². The molecule has 0 atom stereocenters. The van der Waals surface area contributed by atoms with Crippen molar-refractivity contribution in [2.45, 2.75) is 13.8 Å². The van der Waals surface area contributed by atoms with Crippen molar-refractivity contribution in [3.8, 4) is 28.3 Å². The zero-order valence-corrected chi connectivity index (χ0v) is 14.4. The van der Waals surface area contributed by atoms with Crippen LogP contribution in [0.4, 0.5) is 0 Å². The average Bonchev–Trinajstić information content (AvgIpc) is 2.91. The molecule has 0 spiro atoms. The molecular formula is C20H18N4O. The Balaban J connectivity index is 2.07. The van der Waals surface area contributed by atoms with Crippen LogP contribution in [0.2, 0.25) is 0 Å². The Morgan fingerprint density at radius 3 is 2.56 bits per heavy atom. The molecule has 0 amide bonds. The number of aryl methyl sites for hydroxylation is 3. The van der Waals surface area contributed by atoms with E-state index in [2.05, 4.69) is 10.1 Å². The molecule has 5 heteroatoms. The van der Waals surface area contributed by atoms with Gasteiger partial charge in [-0.15, -0.1) is 0 Å². The number of phenolic OH excluding ortho intramolecular Hbond substituents is 1. The molecule has 5 nitrogen and oxygen atoms in total. The van der Waals surface area contributed by atoms with Crippen LogP contribution in [0.1, 0.15) is 11.3 Å². The van der Waals surface area contributed by atoms with Crippen LogP contribution in [0, 0.1) is 13.8 Å². The van der Waals surface area contributed by atoms with Crippen LogP contribution in [0.25, 0.3) is 33.5 Å². The molecule has 0 bridgehead atoms. The molecule has 25 heavy (non-hydrogen) atoms. The van der Waals surface area contributed by atoms with Crippen molar-refractivity contribution in [3.63, 3.8) is 0 Å². The molecule has 0 aliphatic rings. The van der Waals surface area contributed by atoms with E-state index in [4.69, 9.17) is 4.98 Å². The number of phenols is 1. The first kappa shape index (κ1) is 15.3. The predicted octanol–water partition coefficient (Wildman–Crippen LogP) is 4.02. The largest absolute Gasteiger partial charge is 0.507 e. The highest BCUT2D eigenvalue weighted by Crippen LogP contribution is 2.35. The molecule has 0 aliphatic heterocycles. The number of nitrogens with zero attached hydrogens (tertiary/aromatic N) is 4. The Hall–Kier alpha value is -3.21. The van der Waals surface area contributed by atoms with Gasteiger partial charge in [0, 0.05) is 30.1 Å². The van der Waals surface area contributed by atoms with E-state index >= 15 is 0 Å². The van der Waals surface area contributed by atoms with E-state index < -0.39 is 0 Å². The SMILES string of the molecule is Cc1ccc(O)c(-c2cc(-c3ccccn3)c3c(C)n(C)nc3n2)c1. The zero-order chi connectivity index (χ0) is 17.6. The van der Waals surface area contributed by atoms with Gasteiger partial charge in [0.05, 0.1) is 16.8 Å². The maximum absolute atomic E-state index is 10.3. The van der Waals surface area contributed by atoms with Crippen molar-refractivity contribution in [2.75, 3.05) is 0 Å². The number of pyridine rings is 2. The highest BCUT2D eigenvalue weighted by Gasteiger charge is 2.17. The topological polar surface area (TPSA) is 63.8 Å². The molecule has 0 aliphatic carbocycles. The van der Waals surface area contributed by atoms with Gasteiger partial charge in [-0.05, 0) is 44.2 Å². The molecule has 4 rings (SSSR count). The second-order valence-electron chi connectivity index (χ2n) is 6.20. The average molecular weight is 330 g/mol. The molecule has 0 saturated carbocycles. The van der Waals surface area contributed by atoms with Gasteiger partial charge in [-0.3, -0.25) is 9.67 Å². The molecule has 124 valence electrons. The minimum absolute atomic E-state index is 0.206. The molecular weight excluding hydrogens is 312 g/mol. The zero-order valence-electron chi connectivity index (χ0n) is 14.4. The van der Waals surface area contributed by atoms with E-state index in [-0.39, 0.29) is 5.75 Å². The molecule has 4 aromatic rings. The Labute approximate surface area is 145 Å². The number of hydrogen-bond donors (Lipinski definition) is 1. The van der Waals surface area contributed by atoms with Gasteiger partial charge in [-0.1, -0.05) is 17.7 Å². The number of fused-ring (bicyclic) bond motifs is 1. The third kappa shape index (κ3) is 2.54. The summed E-state index contributed by atoms with van der Waals surface area (Å²) in [5.41, 5.74) is 5.95. The first-order chi connectivity index (χ1) is 12.0. The molecule has 1 aromatic carbocycles. The van der Waals surface area contributed by atoms with E-state index in [1.807, 2.05) is 62.0 Å². The van der Waals surface area contributed by atoms with Gasteiger partial charge in [-0.25, -0.2) is 4.98 Å². The second-order valence-corrected chi connectivity index (χ2v) is 6.20. The standard InChI is InChI=1S/C20H18N4O/c1-12-7-8-18(25)14(10-12)17-11-15(16-6-4-5-9-21-16)19-13(2)24(3)23-20(19)22-17/h4-11,25H,1-3H3. The van der Waals surface area contributed by atoms with Gasteiger partial charge in [0.25, 0.3) is 0 Å². The summed E-state index contributed by atoms with van der Waals surface area (Å²) in [6.07, 6.45) is 1.77. The van der Waals surface area contributed by atoms with Crippen molar-refractivity contribution in [2.24, 2.45) is 7.05 Å². The number of aromatic hydroxyl groups is 1. The molecule has 0 unspecified atom stereocenters. The highest BCUT2D eigenvalue weighted by molar-refractivity contribution is 5.96. The summed E-state index contributed by atoms with van der Waals surface area (Å²) < 4.78 is 1.82. The summed E-state index contributed by atoms with van der Waals surface area (Å²) in [5, 5.41) is 15.8. The van der Waals surface area contributed by atoms with Gasteiger partial charge < -0.3 is 5.11 Å². The van der Waals surface area contributed by atoms with Crippen LogP contribution in [0.3, 0.4) is 0 Å². The molecule has 3 aromatic heterocycles. The van der Waals surface area contributed by atoms with Gasteiger partial charge in [0.2, 0.25) is 0 Å². The third-order valence-electron chi connectivity index (χ3n) is 4.46. The van der Waals surface area contributed by atoms with Gasteiger partial charge in [-0.2, -0.15) is 5.10 Å². The summed E-state index contributed by atoms with van der Waals surface area (Å²) in [5.74, 6) is 0.206. The summed E-state index contributed by atoms with van der Waals surface area (Å²) in [7, 11) is 1.91. The van der Waals surface area contributed by atoms with E-state index in [1.165, 1.54) is 0 Å². The number of hydrogen-bond acceptors (Lipinski definition) is 4.